The molecule has 1 fully saturated rings. The van der Waals surface area contributed by atoms with Crippen molar-refractivity contribution in [3.63, 3.8) is 0 Å². The lowest BCUT2D eigenvalue weighted by molar-refractivity contribution is 0.0694. The summed E-state index contributed by atoms with van der Waals surface area (Å²) < 4.78 is 26.8. The lowest BCUT2D eigenvalue weighted by Gasteiger charge is -2.33. The van der Waals surface area contributed by atoms with Gasteiger partial charge in [0, 0.05) is 31.6 Å². The van der Waals surface area contributed by atoms with Crippen molar-refractivity contribution in [1.29, 1.82) is 0 Å². The van der Waals surface area contributed by atoms with Crippen LogP contribution in [0.2, 0.25) is 0 Å². The minimum atomic E-state index is -3.53. The molecule has 1 N–H and O–H groups in total. The van der Waals surface area contributed by atoms with Crippen LogP contribution in [0.4, 0.5) is 0 Å². The third kappa shape index (κ3) is 3.22. The van der Waals surface area contributed by atoms with Crippen molar-refractivity contribution in [2.24, 2.45) is 0 Å². The number of fused-ring (bicyclic) bond motifs is 1. The fourth-order valence-electron chi connectivity index (χ4n) is 3.31. The number of aryl methyl sites for hydroxylation is 1. The largest absolute Gasteiger partial charge is 0.335 e. The van der Waals surface area contributed by atoms with Crippen molar-refractivity contribution in [2.45, 2.75) is 11.8 Å². The van der Waals surface area contributed by atoms with E-state index in [4.69, 9.17) is 0 Å². The summed E-state index contributed by atoms with van der Waals surface area (Å²) in [5.41, 5.74) is 2.25. The molecule has 0 atom stereocenters. The molecule has 8 heteroatoms. The van der Waals surface area contributed by atoms with Gasteiger partial charge in [0.05, 0.1) is 10.4 Å². The van der Waals surface area contributed by atoms with Gasteiger partial charge in [-0.05, 0) is 31.2 Å². The molecule has 140 valence electrons. The van der Waals surface area contributed by atoms with Gasteiger partial charge in [0.1, 0.15) is 0 Å². The minimum Gasteiger partial charge on any atom is -0.335 e. The van der Waals surface area contributed by atoms with Gasteiger partial charge in [-0.15, -0.1) is 0 Å². The number of carbonyl (C=O) groups excluding carboxylic acids is 1. The third-order valence-corrected chi connectivity index (χ3v) is 6.74. The lowest BCUT2D eigenvalue weighted by atomic mass is 10.1. The average Bonchev–Trinajstić information content (AvgIpc) is 3.11. The summed E-state index contributed by atoms with van der Waals surface area (Å²) in [6, 6.07) is 14.2. The molecule has 1 saturated heterocycles. The maximum absolute atomic E-state index is 12.9. The van der Waals surface area contributed by atoms with Gasteiger partial charge >= 0.3 is 0 Å². The highest BCUT2D eigenvalue weighted by Crippen LogP contribution is 2.21. The molecule has 0 bridgehead atoms. The van der Waals surface area contributed by atoms with Gasteiger partial charge in [0.2, 0.25) is 10.0 Å². The molecule has 0 radical (unpaired) electrons. The Morgan fingerprint density at radius 1 is 1.04 bits per heavy atom. The van der Waals surface area contributed by atoms with E-state index in [1.807, 2.05) is 25.1 Å². The van der Waals surface area contributed by atoms with Gasteiger partial charge in [-0.3, -0.25) is 9.89 Å². The lowest BCUT2D eigenvalue weighted by Crippen LogP contribution is -2.50. The zero-order chi connectivity index (χ0) is 19.0. The smallest absolute Gasteiger partial charge is 0.275 e. The second kappa shape index (κ2) is 6.79. The summed E-state index contributed by atoms with van der Waals surface area (Å²) >= 11 is 0. The fraction of sp³-hybridized carbons (Fsp3) is 0.263. The SMILES string of the molecule is Cc1ccc2[nH]nc(C(=O)N3CCN(S(=O)(=O)c4ccccc4)CC3)c2c1. The van der Waals surface area contributed by atoms with Gasteiger partial charge in [-0.2, -0.15) is 9.40 Å². The number of aromatic amines is 1. The Kier molecular flexibility index (Phi) is 4.45. The first-order chi connectivity index (χ1) is 13.0. The van der Waals surface area contributed by atoms with Crippen molar-refractivity contribution < 1.29 is 13.2 Å². The van der Waals surface area contributed by atoms with E-state index in [2.05, 4.69) is 10.2 Å². The van der Waals surface area contributed by atoms with Crippen LogP contribution in [-0.4, -0.2) is 59.9 Å². The van der Waals surface area contributed by atoms with E-state index in [1.54, 1.807) is 35.2 Å². The first-order valence-electron chi connectivity index (χ1n) is 8.76. The molecule has 1 aliphatic rings. The summed E-state index contributed by atoms with van der Waals surface area (Å²) in [6.07, 6.45) is 0. The van der Waals surface area contributed by atoms with Crippen LogP contribution in [0.3, 0.4) is 0 Å². The van der Waals surface area contributed by atoms with Crippen molar-refractivity contribution >= 4 is 26.8 Å². The Bertz CT molecular complexity index is 1080. The summed E-state index contributed by atoms with van der Waals surface area (Å²) in [4.78, 5) is 14.8. The monoisotopic (exact) mass is 384 g/mol. The molecule has 4 rings (SSSR count). The highest BCUT2D eigenvalue weighted by atomic mass is 32.2. The number of carbonyl (C=O) groups is 1. The number of H-pyrrole nitrogens is 1. The maximum atomic E-state index is 12.9. The van der Waals surface area contributed by atoms with Crippen LogP contribution in [0, 0.1) is 6.92 Å². The minimum absolute atomic E-state index is 0.177. The number of rotatable bonds is 3. The molecule has 1 aliphatic heterocycles. The summed E-state index contributed by atoms with van der Waals surface area (Å²) in [5.74, 6) is -0.177. The van der Waals surface area contributed by atoms with Gasteiger partial charge in [-0.1, -0.05) is 29.8 Å². The fourth-order valence-corrected chi connectivity index (χ4v) is 4.76. The van der Waals surface area contributed by atoms with E-state index in [0.717, 1.165) is 16.5 Å². The third-order valence-electron chi connectivity index (χ3n) is 4.83. The first-order valence-corrected chi connectivity index (χ1v) is 10.2. The maximum Gasteiger partial charge on any atom is 0.275 e. The van der Waals surface area contributed by atoms with Crippen molar-refractivity contribution in [3.05, 3.63) is 59.8 Å². The number of benzene rings is 2. The van der Waals surface area contributed by atoms with Crippen molar-refractivity contribution in [2.75, 3.05) is 26.2 Å². The Morgan fingerprint density at radius 2 is 1.74 bits per heavy atom. The summed E-state index contributed by atoms with van der Waals surface area (Å²) in [7, 11) is -3.53. The molecule has 0 saturated carbocycles. The number of amides is 1. The van der Waals surface area contributed by atoms with Crippen molar-refractivity contribution in [3.8, 4) is 0 Å². The van der Waals surface area contributed by atoms with E-state index in [-0.39, 0.29) is 23.9 Å². The number of sulfonamides is 1. The molecular weight excluding hydrogens is 364 g/mol. The second-order valence-electron chi connectivity index (χ2n) is 6.63. The summed E-state index contributed by atoms with van der Waals surface area (Å²) in [6.45, 7) is 3.18. The Hall–Kier alpha value is -2.71. The van der Waals surface area contributed by atoms with Gasteiger partial charge in [0.15, 0.2) is 5.69 Å². The second-order valence-corrected chi connectivity index (χ2v) is 8.57. The molecular formula is C19H20N4O3S. The van der Waals surface area contributed by atoms with Crippen LogP contribution in [-0.2, 0) is 10.0 Å². The zero-order valence-corrected chi connectivity index (χ0v) is 15.7. The molecule has 7 nitrogen and oxygen atoms in total. The van der Waals surface area contributed by atoms with E-state index in [9.17, 15) is 13.2 Å². The molecule has 2 aromatic carbocycles. The molecule has 1 aromatic heterocycles. The normalized spacial score (nSPS) is 16.0. The summed E-state index contributed by atoms with van der Waals surface area (Å²) in [5, 5.41) is 7.86. The number of nitrogens with zero attached hydrogens (tertiary/aromatic N) is 3. The molecule has 1 amide bonds. The predicted octanol–water partition coefficient (Wildman–Crippen LogP) is 2.02. The van der Waals surface area contributed by atoms with Gasteiger partial charge < -0.3 is 4.90 Å². The van der Waals surface area contributed by atoms with Crippen molar-refractivity contribution in [1.82, 2.24) is 19.4 Å². The number of nitrogens with one attached hydrogen (secondary N) is 1. The topological polar surface area (TPSA) is 86.4 Å². The first kappa shape index (κ1) is 17.7. The molecule has 2 heterocycles. The van der Waals surface area contributed by atoms with Crippen LogP contribution < -0.4 is 0 Å². The standard InChI is InChI=1S/C19H20N4O3S/c1-14-7-8-17-16(13-14)18(21-20-17)19(24)22-9-11-23(12-10-22)27(25,26)15-5-3-2-4-6-15/h2-8,13H,9-12H2,1H3,(H,20,21). The quantitative estimate of drug-likeness (QED) is 0.748. The van der Waals surface area contributed by atoms with Gasteiger partial charge in [0.25, 0.3) is 5.91 Å². The molecule has 27 heavy (non-hydrogen) atoms. The Morgan fingerprint density at radius 3 is 2.44 bits per heavy atom. The van der Waals surface area contributed by atoms with Gasteiger partial charge in [-0.25, -0.2) is 8.42 Å². The number of aromatic nitrogens is 2. The van der Waals surface area contributed by atoms with Crippen LogP contribution >= 0.6 is 0 Å². The molecule has 0 unspecified atom stereocenters. The molecule has 0 aliphatic carbocycles. The predicted molar refractivity (Wildman–Crippen MR) is 102 cm³/mol. The highest BCUT2D eigenvalue weighted by Gasteiger charge is 2.31. The zero-order valence-electron chi connectivity index (χ0n) is 14.9. The average molecular weight is 384 g/mol. The van der Waals surface area contributed by atoms with E-state index < -0.39 is 10.0 Å². The van der Waals surface area contributed by atoms with Crippen LogP contribution in [0.25, 0.3) is 10.9 Å². The molecule has 3 aromatic rings. The van der Waals surface area contributed by atoms with Crippen LogP contribution in [0.15, 0.2) is 53.4 Å². The van der Waals surface area contributed by atoms with Crippen LogP contribution in [0.1, 0.15) is 16.1 Å². The Labute approximate surface area is 157 Å². The van der Waals surface area contributed by atoms with E-state index >= 15 is 0 Å². The number of piperazine rings is 1. The van der Waals surface area contributed by atoms with E-state index in [0.29, 0.717) is 18.8 Å². The molecule has 0 spiro atoms. The van der Waals surface area contributed by atoms with E-state index in [1.165, 1.54) is 4.31 Å². The number of hydrogen-bond donors (Lipinski definition) is 1. The number of hydrogen-bond acceptors (Lipinski definition) is 4. The highest BCUT2D eigenvalue weighted by molar-refractivity contribution is 7.89. The Balaban J connectivity index is 1.50. The van der Waals surface area contributed by atoms with Crippen LogP contribution in [0.5, 0.6) is 0 Å².